The van der Waals surface area contributed by atoms with Crippen molar-refractivity contribution in [3.05, 3.63) is 87.6 Å². The summed E-state index contributed by atoms with van der Waals surface area (Å²) in [7, 11) is 1.63. The minimum absolute atomic E-state index is 0.0445. The number of benzene rings is 2. The van der Waals surface area contributed by atoms with Gasteiger partial charge in [-0.15, -0.1) is 11.3 Å². The molecule has 0 saturated heterocycles. The molecule has 3 aromatic rings. The molecule has 0 unspecified atom stereocenters. The lowest BCUT2D eigenvalue weighted by Gasteiger charge is -2.42. The Labute approximate surface area is 185 Å². The Bertz CT molecular complexity index is 1110. The number of nitrogens with zero attached hydrogens (tertiary/aromatic N) is 2. The number of thiophene rings is 1. The van der Waals surface area contributed by atoms with E-state index in [1.165, 1.54) is 5.56 Å². The Morgan fingerprint density at radius 2 is 1.90 bits per heavy atom. The number of carbonyl (C=O) groups excluding carboxylic acids is 2. The van der Waals surface area contributed by atoms with E-state index in [1.807, 2.05) is 69.8 Å². The Morgan fingerprint density at radius 1 is 1.10 bits per heavy atom. The molecule has 0 spiro atoms. The molecule has 31 heavy (non-hydrogen) atoms. The zero-order chi connectivity index (χ0) is 21.4. The van der Waals surface area contributed by atoms with Crippen LogP contribution in [0.15, 0.2) is 66.0 Å². The highest BCUT2D eigenvalue weighted by atomic mass is 32.1. The fraction of sp³-hybridized carbons (Fsp3) is 0.280. The first kappa shape index (κ1) is 20.0. The number of ether oxygens (including phenoxy) is 1. The van der Waals surface area contributed by atoms with Gasteiger partial charge in [0.1, 0.15) is 0 Å². The molecule has 0 aliphatic carbocycles. The van der Waals surface area contributed by atoms with E-state index in [2.05, 4.69) is 6.07 Å². The van der Waals surface area contributed by atoms with Crippen molar-refractivity contribution in [3.63, 3.8) is 0 Å². The minimum atomic E-state index is -0.462. The van der Waals surface area contributed by atoms with Crippen LogP contribution in [0.5, 0.6) is 0 Å². The molecule has 0 bridgehead atoms. The number of methoxy groups -OCH3 is 1. The van der Waals surface area contributed by atoms with Gasteiger partial charge < -0.3 is 14.5 Å². The van der Waals surface area contributed by atoms with Gasteiger partial charge in [0.25, 0.3) is 5.91 Å². The predicted molar refractivity (Wildman–Crippen MR) is 122 cm³/mol. The SMILES string of the molecule is COCCN1C(=O)c2ccccc2[C@H](C(=O)N2CCc3ccccc32)[C@@H]1c1cccs1. The van der Waals surface area contributed by atoms with Crippen LogP contribution in [0.4, 0.5) is 5.69 Å². The molecule has 0 fully saturated rings. The summed E-state index contributed by atoms with van der Waals surface area (Å²) < 4.78 is 5.30. The second-order valence-electron chi connectivity index (χ2n) is 7.89. The van der Waals surface area contributed by atoms with Gasteiger partial charge in [0.05, 0.1) is 18.6 Å². The van der Waals surface area contributed by atoms with Gasteiger partial charge in [-0.05, 0) is 41.1 Å². The molecule has 1 aromatic heterocycles. The second kappa shape index (κ2) is 8.29. The second-order valence-corrected chi connectivity index (χ2v) is 8.86. The molecular formula is C25H24N2O3S. The molecule has 2 aliphatic rings. The molecule has 0 N–H and O–H groups in total. The molecule has 2 aromatic carbocycles. The van der Waals surface area contributed by atoms with E-state index in [1.54, 1.807) is 18.4 Å². The van der Waals surface area contributed by atoms with E-state index in [-0.39, 0.29) is 17.9 Å². The zero-order valence-electron chi connectivity index (χ0n) is 17.4. The molecule has 2 amide bonds. The van der Waals surface area contributed by atoms with Crippen LogP contribution in [0.3, 0.4) is 0 Å². The van der Waals surface area contributed by atoms with Gasteiger partial charge in [0.15, 0.2) is 0 Å². The highest BCUT2D eigenvalue weighted by molar-refractivity contribution is 7.10. The van der Waals surface area contributed by atoms with Crippen molar-refractivity contribution in [2.75, 3.05) is 31.7 Å². The molecule has 158 valence electrons. The van der Waals surface area contributed by atoms with E-state index < -0.39 is 5.92 Å². The Kier molecular flexibility index (Phi) is 5.34. The highest BCUT2D eigenvalue weighted by Crippen LogP contribution is 2.46. The van der Waals surface area contributed by atoms with Crippen LogP contribution in [0.1, 0.15) is 38.3 Å². The lowest BCUT2D eigenvalue weighted by atomic mass is 9.81. The molecule has 6 heteroatoms. The molecule has 0 saturated carbocycles. The monoisotopic (exact) mass is 432 g/mol. The van der Waals surface area contributed by atoms with Crippen molar-refractivity contribution in [3.8, 4) is 0 Å². The standard InChI is InChI=1S/C25H24N2O3S/c1-30-15-14-27-23(21-11-6-16-31-21)22(18-8-3-4-9-19(18)24(27)28)25(29)26-13-12-17-7-2-5-10-20(17)26/h2-11,16,22-23H,12-15H2,1H3/t22-,23-/m0/s1. The molecule has 2 aliphatic heterocycles. The number of amides is 2. The van der Waals surface area contributed by atoms with E-state index in [9.17, 15) is 9.59 Å². The van der Waals surface area contributed by atoms with E-state index in [0.29, 0.717) is 25.3 Å². The quantitative estimate of drug-likeness (QED) is 0.605. The van der Waals surface area contributed by atoms with Gasteiger partial charge in [0, 0.05) is 36.3 Å². The summed E-state index contributed by atoms with van der Waals surface area (Å²) in [5, 5.41) is 2.00. The molecule has 0 radical (unpaired) electrons. The number of hydrogen-bond donors (Lipinski definition) is 0. The average Bonchev–Trinajstić information content (AvgIpc) is 3.48. The lowest BCUT2D eigenvalue weighted by molar-refractivity contribution is -0.121. The van der Waals surface area contributed by atoms with Crippen molar-refractivity contribution in [1.82, 2.24) is 4.90 Å². The van der Waals surface area contributed by atoms with Crippen molar-refractivity contribution in [1.29, 1.82) is 0 Å². The van der Waals surface area contributed by atoms with Crippen molar-refractivity contribution >= 4 is 28.8 Å². The van der Waals surface area contributed by atoms with E-state index in [0.717, 1.165) is 22.5 Å². The summed E-state index contributed by atoms with van der Waals surface area (Å²) in [6.45, 7) is 1.52. The van der Waals surface area contributed by atoms with Gasteiger partial charge >= 0.3 is 0 Å². The van der Waals surface area contributed by atoms with Gasteiger partial charge in [-0.3, -0.25) is 9.59 Å². The minimum Gasteiger partial charge on any atom is -0.383 e. The van der Waals surface area contributed by atoms with Crippen LogP contribution in [-0.2, 0) is 16.0 Å². The maximum atomic E-state index is 14.1. The fourth-order valence-corrected chi connectivity index (χ4v) is 5.68. The van der Waals surface area contributed by atoms with Crippen LogP contribution in [0, 0.1) is 0 Å². The summed E-state index contributed by atoms with van der Waals surface area (Å²) in [6.07, 6.45) is 0.853. The summed E-state index contributed by atoms with van der Waals surface area (Å²) >= 11 is 1.59. The maximum absolute atomic E-state index is 14.1. The van der Waals surface area contributed by atoms with Gasteiger partial charge in [0.2, 0.25) is 5.91 Å². The van der Waals surface area contributed by atoms with Crippen LogP contribution in [0.2, 0.25) is 0 Å². The predicted octanol–water partition coefficient (Wildman–Crippen LogP) is 4.26. The van der Waals surface area contributed by atoms with Crippen LogP contribution in [-0.4, -0.2) is 43.5 Å². The Hall–Kier alpha value is -2.96. The van der Waals surface area contributed by atoms with E-state index >= 15 is 0 Å². The van der Waals surface area contributed by atoms with Crippen molar-refractivity contribution < 1.29 is 14.3 Å². The summed E-state index contributed by atoms with van der Waals surface area (Å²) in [4.78, 5) is 32.3. The maximum Gasteiger partial charge on any atom is 0.254 e. The first-order valence-corrected chi connectivity index (χ1v) is 11.4. The van der Waals surface area contributed by atoms with Gasteiger partial charge in [-0.25, -0.2) is 0 Å². The molecule has 5 nitrogen and oxygen atoms in total. The van der Waals surface area contributed by atoms with Crippen LogP contribution >= 0.6 is 11.3 Å². The topological polar surface area (TPSA) is 49.9 Å². The largest absolute Gasteiger partial charge is 0.383 e. The van der Waals surface area contributed by atoms with Crippen LogP contribution < -0.4 is 4.90 Å². The normalized spacial score (nSPS) is 20.0. The Morgan fingerprint density at radius 3 is 2.71 bits per heavy atom. The Balaban J connectivity index is 1.64. The average molecular weight is 433 g/mol. The third-order valence-corrected chi connectivity index (χ3v) is 7.17. The van der Waals surface area contributed by atoms with Crippen molar-refractivity contribution in [2.45, 2.75) is 18.4 Å². The number of anilines is 1. The first-order chi connectivity index (χ1) is 15.2. The summed E-state index contributed by atoms with van der Waals surface area (Å²) in [5.74, 6) is -0.460. The lowest BCUT2D eigenvalue weighted by Crippen LogP contribution is -2.49. The van der Waals surface area contributed by atoms with E-state index in [4.69, 9.17) is 4.74 Å². The highest BCUT2D eigenvalue weighted by Gasteiger charge is 2.46. The summed E-state index contributed by atoms with van der Waals surface area (Å²) in [6, 6.07) is 19.3. The van der Waals surface area contributed by atoms with Gasteiger partial charge in [-0.1, -0.05) is 42.5 Å². The first-order valence-electron chi connectivity index (χ1n) is 10.5. The van der Waals surface area contributed by atoms with Crippen LogP contribution in [0.25, 0.3) is 0 Å². The third-order valence-electron chi connectivity index (χ3n) is 6.23. The number of carbonyl (C=O) groups is 2. The number of rotatable bonds is 5. The molecular weight excluding hydrogens is 408 g/mol. The smallest absolute Gasteiger partial charge is 0.254 e. The number of para-hydroxylation sites is 1. The number of fused-ring (bicyclic) bond motifs is 2. The molecule has 3 heterocycles. The number of hydrogen-bond acceptors (Lipinski definition) is 4. The molecule has 5 rings (SSSR count). The fourth-order valence-electron chi connectivity index (χ4n) is 4.80. The van der Waals surface area contributed by atoms with Crippen molar-refractivity contribution in [2.24, 2.45) is 0 Å². The van der Waals surface area contributed by atoms with Gasteiger partial charge in [-0.2, -0.15) is 0 Å². The summed E-state index contributed by atoms with van der Waals surface area (Å²) in [5.41, 5.74) is 3.60. The third kappa shape index (κ3) is 3.36. The zero-order valence-corrected chi connectivity index (χ0v) is 18.2. The molecule has 2 atom stereocenters.